The van der Waals surface area contributed by atoms with Crippen LogP contribution in [0.1, 0.15) is 337 Å². The lowest BCUT2D eigenvalue weighted by Crippen LogP contribution is -2.49. The highest BCUT2D eigenvalue weighted by atomic mass is 14.6. The standard InChI is InChI=1S/2C14H24.C12H18.2C11H16.2C11H24/c2*1-14(2,3)13-11-5-9-4-10(7-11)8-12(13)6-9;1-9-7-6-8-10(2)11(9)12(3,4)5;2*1-9-7-5-6-8-10(9)11(2,3)4;2*1-6-8-10(7-2)9-11(3,4)5/h2*9-13H,4-8H2,1-3H3;6-8H,1-5H3;2*5-8H,1-4H3;2*10H,6-9H2,1-5H3/i13D;;;5D,6D,7D,8D;;9D2;. The fourth-order valence-corrected chi connectivity index (χ4v) is 17.9. The number of hydrogen-bond donors (Lipinski definition) is 0. The number of aryl methyl sites for hydroxylation is 3. The largest absolute Gasteiger partial charge is 0.0654 e. The molecule has 8 aliphatic carbocycles. The van der Waals surface area contributed by atoms with E-state index in [1.165, 1.54) is 85.6 Å². The van der Waals surface area contributed by atoms with E-state index in [0.29, 0.717) is 33.8 Å². The van der Waals surface area contributed by atoms with Gasteiger partial charge in [0.1, 0.15) is 0 Å². The Morgan fingerprint density at radius 3 is 1.14 bits per heavy atom. The summed E-state index contributed by atoms with van der Waals surface area (Å²) in [6.07, 6.45) is 22.3. The molecule has 8 saturated carbocycles. The van der Waals surface area contributed by atoms with Gasteiger partial charge in [-0.1, -0.05) is 278 Å². The molecule has 0 aliphatic heterocycles. The van der Waals surface area contributed by atoms with E-state index in [2.05, 4.69) is 195 Å². The first-order valence-corrected chi connectivity index (χ1v) is 35.0. The molecule has 0 radical (unpaired) electrons. The molecule has 0 aromatic heterocycles. The lowest BCUT2D eigenvalue weighted by molar-refractivity contribution is -0.0812. The van der Waals surface area contributed by atoms with Gasteiger partial charge in [-0.25, -0.2) is 0 Å². The van der Waals surface area contributed by atoms with Crippen LogP contribution in [0.15, 0.2) is 66.6 Å². The molecule has 0 amide bonds. The van der Waals surface area contributed by atoms with Gasteiger partial charge in [-0.3, -0.25) is 0 Å². The zero-order valence-electron chi connectivity index (χ0n) is 68.4. The van der Waals surface area contributed by atoms with Crippen LogP contribution in [-0.4, -0.2) is 0 Å². The average Bonchev–Trinajstić information content (AvgIpc) is 0.725. The quantitative estimate of drug-likeness (QED) is 0.211. The van der Waals surface area contributed by atoms with Gasteiger partial charge >= 0.3 is 0 Å². The van der Waals surface area contributed by atoms with Crippen molar-refractivity contribution in [3.05, 3.63) is 106 Å². The summed E-state index contributed by atoms with van der Waals surface area (Å²) in [5.74, 6) is 10.0. The smallest absolute Gasteiger partial charge is 0.0626 e. The normalized spacial score (nSPS) is 28.0. The molecule has 2 atom stereocenters. The van der Waals surface area contributed by atoms with Crippen molar-refractivity contribution >= 4 is 0 Å². The van der Waals surface area contributed by atoms with E-state index in [1.54, 1.807) is 39.0 Å². The molecular formula is C84H146. The van der Waals surface area contributed by atoms with E-state index in [4.69, 9.17) is 9.60 Å². The van der Waals surface area contributed by atoms with Gasteiger partial charge in [-0.05, 0) is 253 Å². The van der Waals surface area contributed by atoms with Gasteiger partial charge in [0, 0.05) is 4.11 Å². The van der Waals surface area contributed by atoms with Gasteiger partial charge in [-0.2, -0.15) is 0 Å². The Hall–Kier alpha value is -2.34. The molecule has 0 N–H and O–H groups in total. The van der Waals surface area contributed by atoms with Crippen LogP contribution in [0.4, 0.5) is 0 Å². The van der Waals surface area contributed by atoms with Crippen LogP contribution in [0.2, 0.25) is 0 Å². The van der Waals surface area contributed by atoms with E-state index in [-0.39, 0.29) is 63.1 Å². The maximum absolute atomic E-state index is 9.00. The Morgan fingerprint density at radius 1 is 0.429 bits per heavy atom. The second-order valence-corrected chi connectivity index (χ2v) is 35.8. The van der Waals surface area contributed by atoms with E-state index >= 15 is 0 Å². The molecular weight excluding hydrogens is 1010 g/mol. The summed E-state index contributed by atoms with van der Waals surface area (Å²) in [7, 11) is 0. The fourth-order valence-electron chi connectivity index (χ4n) is 17.9. The van der Waals surface area contributed by atoms with Crippen molar-refractivity contribution in [3.63, 3.8) is 0 Å². The third-order valence-corrected chi connectivity index (χ3v) is 19.9. The highest BCUT2D eigenvalue weighted by molar-refractivity contribution is 5.38. The first-order chi connectivity index (χ1) is 41.3. The van der Waals surface area contributed by atoms with Gasteiger partial charge in [-0.15, -0.1) is 0 Å². The number of hydrogen-bond acceptors (Lipinski definition) is 0. The van der Waals surface area contributed by atoms with Gasteiger partial charge in [0.25, 0.3) is 0 Å². The molecule has 0 nitrogen and oxygen atoms in total. The number of rotatable bonds is 8. The molecule has 482 valence electrons. The summed E-state index contributed by atoms with van der Waals surface area (Å²) in [5.41, 5.74) is 9.80. The van der Waals surface area contributed by atoms with Crippen LogP contribution in [-0.2, 0) is 16.2 Å². The van der Waals surface area contributed by atoms with Crippen LogP contribution >= 0.6 is 0 Å². The maximum atomic E-state index is 9.00. The summed E-state index contributed by atoms with van der Waals surface area (Å²) in [6.45, 7) is 63.8. The van der Waals surface area contributed by atoms with Crippen molar-refractivity contribution in [3.8, 4) is 0 Å². The third kappa shape index (κ3) is 25.3. The van der Waals surface area contributed by atoms with Gasteiger partial charge < -0.3 is 0 Å². The highest BCUT2D eigenvalue weighted by Gasteiger charge is 2.52. The third-order valence-electron chi connectivity index (χ3n) is 19.9. The topological polar surface area (TPSA) is 0 Å². The molecule has 2 unspecified atom stereocenters. The van der Waals surface area contributed by atoms with Crippen LogP contribution in [0.3, 0.4) is 0 Å². The van der Waals surface area contributed by atoms with Gasteiger partial charge in [0.05, 0.1) is 5.48 Å². The highest BCUT2D eigenvalue weighted by Crippen LogP contribution is 2.62. The van der Waals surface area contributed by atoms with Gasteiger partial charge in [0.15, 0.2) is 0 Å². The fraction of sp³-hybridized carbons (Fsp3) is 0.786. The Balaban J connectivity index is 0.000000278. The lowest BCUT2D eigenvalue weighted by atomic mass is 9.47. The molecule has 0 heterocycles. The maximum Gasteiger partial charge on any atom is 0.0626 e. The molecule has 3 aromatic carbocycles. The molecule has 0 saturated heterocycles. The minimum absolute atomic E-state index is 0.0703. The van der Waals surface area contributed by atoms with Crippen molar-refractivity contribution < 1.29 is 9.60 Å². The summed E-state index contributed by atoms with van der Waals surface area (Å²) in [5, 5.41) is 0. The molecule has 8 aliphatic rings. The van der Waals surface area contributed by atoms with E-state index in [1.807, 2.05) is 41.5 Å². The molecule has 0 heteroatoms. The van der Waals surface area contributed by atoms with Crippen molar-refractivity contribution in [2.45, 2.75) is 333 Å². The van der Waals surface area contributed by atoms with E-state index in [0.717, 1.165) is 66.6 Å². The Bertz CT molecular complexity index is 2570. The summed E-state index contributed by atoms with van der Waals surface area (Å²) < 4.78 is 55.9. The average molecular weight is 1160 g/mol. The van der Waals surface area contributed by atoms with Crippen LogP contribution in [0.25, 0.3) is 0 Å². The van der Waals surface area contributed by atoms with E-state index in [9.17, 15) is 0 Å². The predicted molar refractivity (Wildman–Crippen MR) is 380 cm³/mol. The monoisotopic (exact) mass is 1160 g/mol. The summed E-state index contributed by atoms with van der Waals surface area (Å²) in [6, 6.07) is 14.9. The summed E-state index contributed by atoms with van der Waals surface area (Å²) in [4.78, 5) is 0. The minimum Gasteiger partial charge on any atom is -0.0654 e. The zero-order valence-corrected chi connectivity index (χ0v) is 61.4. The van der Waals surface area contributed by atoms with Crippen LogP contribution in [0.5, 0.6) is 0 Å². The Labute approximate surface area is 537 Å². The first-order valence-electron chi connectivity index (χ1n) is 38.5. The molecule has 0 spiro atoms. The Morgan fingerprint density at radius 2 is 0.821 bits per heavy atom. The molecule has 3 aromatic rings. The van der Waals surface area contributed by atoms with Crippen molar-refractivity contribution in [2.24, 2.45) is 92.7 Å². The zero-order chi connectivity index (χ0) is 70.2. The van der Waals surface area contributed by atoms with Crippen LogP contribution in [0, 0.1) is 120 Å². The molecule has 11 rings (SSSR count). The van der Waals surface area contributed by atoms with Crippen molar-refractivity contribution in [1.29, 1.82) is 0 Å². The van der Waals surface area contributed by atoms with Crippen molar-refractivity contribution in [1.82, 2.24) is 0 Å². The molecule has 8 bridgehead atoms. The second-order valence-electron chi connectivity index (χ2n) is 35.8. The predicted octanol–water partition coefficient (Wildman–Crippen LogP) is 26.9. The van der Waals surface area contributed by atoms with E-state index < -0.39 is 6.37 Å². The number of benzene rings is 3. The minimum atomic E-state index is -1.04. The molecule has 8 fully saturated rings. The van der Waals surface area contributed by atoms with Crippen LogP contribution < -0.4 is 0 Å². The SMILES string of the molecule is CC(C)(C)C1C2CC3CC(C2)CC1C3.CCCC(CC)CC(C)(C)C.Cc1cccc(C)c1C(C)(C)C.Cc1ccccc1C(C)(C)C.[2H]C([2H])(C(CC)CCC)C(C)(C)C.[2H]C1(C(C)(C)C)C2CC3CC(C2)CC1C3.[2H]c1c([2H])c([2H])c(C(C)(C)C)c(C)c1[2H]. The Kier molecular flexibility index (Phi) is 24.9. The molecule has 84 heavy (non-hydrogen) atoms. The second kappa shape index (κ2) is 32.4. The summed E-state index contributed by atoms with van der Waals surface area (Å²) >= 11 is 0. The lowest BCUT2D eigenvalue weighted by Gasteiger charge is -2.58. The van der Waals surface area contributed by atoms with Gasteiger partial charge in [0.2, 0.25) is 0 Å². The van der Waals surface area contributed by atoms with Crippen molar-refractivity contribution in [2.75, 3.05) is 0 Å². The first kappa shape index (κ1) is 64.6.